The number of rotatable bonds is 24. The van der Waals surface area contributed by atoms with Crippen molar-refractivity contribution < 1.29 is 92.9 Å². The molecule has 1 amide bonds. The van der Waals surface area contributed by atoms with Crippen molar-refractivity contribution in [2.75, 3.05) is 13.2 Å². The lowest BCUT2D eigenvalue weighted by molar-refractivity contribution is -0.777. The van der Waals surface area contributed by atoms with Gasteiger partial charge in [0.25, 0.3) is 0 Å². The van der Waals surface area contributed by atoms with Crippen LogP contribution in [0.5, 0.6) is 0 Å². The Labute approximate surface area is 418 Å². The van der Waals surface area contributed by atoms with Crippen molar-refractivity contribution in [2.24, 2.45) is 0 Å². The molecule has 1 aliphatic rings. The van der Waals surface area contributed by atoms with Crippen LogP contribution < -0.4 is 10.6 Å². The van der Waals surface area contributed by atoms with E-state index in [4.69, 9.17) is 13.7 Å². The Balaban J connectivity index is -0.0000000776. The molecule has 0 saturated carbocycles. The van der Waals surface area contributed by atoms with Gasteiger partial charge in [0.1, 0.15) is 30.5 Å². The molecule has 1 heterocycles. The maximum Gasteiger partial charge on any atom is 0.232 e. The van der Waals surface area contributed by atoms with Gasteiger partial charge in [-0.25, -0.2) is 0 Å². The highest BCUT2D eigenvalue weighted by Gasteiger charge is 2.47. The summed E-state index contributed by atoms with van der Waals surface area (Å²) in [5, 5.41) is 68.9. The van der Waals surface area contributed by atoms with E-state index >= 15 is 0 Å². The second-order valence-electron chi connectivity index (χ2n) is 13.2. The zero-order valence-corrected chi connectivity index (χ0v) is 36.5. The number of unbranched alkanes of at least 4 members (excludes halogenated alkanes) is 10. The predicted octanol–water partition coefficient (Wildman–Crippen LogP) is 6.88. The van der Waals surface area contributed by atoms with Gasteiger partial charge in [-0.15, -0.1) is 4.33 Å². The molecule has 5 unspecified atom stereocenters. The van der Waals surface area contributed by atoms with Crippen LogP contribution in [0.3, 0.4) is 0 Å². The Morgan fingerprint density at radius 1 is 0.703 bits per heavy atom. The molecule has 0 spiro atoms. The van der Waals surface area contributed by atoms with Gasteiger partial charge < -0.3 is 45.6 Å². The lowest BCUT2D eigenvalue weighted by atomic mass is 9.98. The fourth-order valence-corrected chi connectivity index (χ4v) is 5.75. The van der Waals surface area contributed by atoms with Crippen molar-refractivity contribution in [3.8, 4) is 142 Å². The first kappa shape index (κ1) is 56.1. The molecule has 8 atom stereocenters. The third-order valence-corrected chi connectivity index (χ3v) is 8.91. The SMILES string of the molecule is CC#CC#CC#CC#CC#CC#CC#CC#CC#CC#CC#CC#CCC(=O)N[C@@H](COC1OC(CO)C(O)C(OSOO[O-])C1O)[C@H](O)[C@H](O)CCCCCCCCCCCCC.[HH].[HH].[HH].[HH].[HH].[HH].[HH].[HH].[HH].[HH].[HH].[HH].[HH].[HH].[HH].[HH].[HH].[HH].[HH].[HH].[HH].[HH].[HH].[HH]. The Morgan fingerprint density at radius 3 is 1.61 bits per heavy atom. The first-order valence-electron chi connectivity index (χ1n) is 20.4. The molecular formula is C50H98NO12S-. The van der Waals surface area contributed by atoms with E-state index in [0.717, 1.165) is 25.7 Å². The molecule has 13 nitrogen and oxygen atoms in total. The van der Waals surface area contributed by atoms with Crippen LogP contribution in [0.25, 0.3) is 0 Å². The third-order valence-electron chi connectivity index (χ3n) is 8.50. The topological polar surface area (TPSA) is 199 Å². The molecule has 382 valence electrons. The highest BCUT2D eigenvalue weighted by Crippen LogP contribution is 2.28. The van der Waals surface area contributed by atoms with E-state index in [1.165, 1.54) is 38.5 Å². The lowest BCUT2D eigenvalue weighted by Crippen LogP contribution is -2.60. The van der Waals surface area contributed by atoms with Crippen molar-refractivity contribution in [1.82, 2.24) is 5.32 Å². The maximum absolute atomic E-state index is 12.9. The number of ether oxygens (including phenoxy) is 2. The molecule has 1 fully saturated rings. The van der Waals surface area contributed by atoms with Gasteiger partial charge in [0.2, 0.25) is 5.91 Å². The van der Waals surface area contributed by atoms with E-state index in [0.29, 0.717) is 6.42 Å². The number of aliphatic hydroxyl groups is 5. The second-order valence-corrected chi connectivity index (χ2v) is 13.7. The summed E-state index contributed by atoms with van der Waals surface area (Å²) in [6, 6.07) is -1.22. The van der Waals surface area contributed by atoms with Gasteiger partial charge in [-0.05, 0) is 108 Å². The third kappa shape index (κ3) is 28.7. The van der Waals surface area contributed by atoms with Crippen LogP contribution in [0, 0.1) is 142 Å². The minimum Gasteiger partial charge on any atom is -0.691 e. The van der Waals surface area contributed by atoms with Crippen LogP contribution in [0.1, 0.15) is 132 Å². The second kappa shape index (κ2) is 39.9. The molecule has 64 heavy (non-hydrogen) atoms. The van der Waals surface area contributed by atoms with E-state index in [2.05, 4.69) is 164 Å². The zero-order chi connectivity index (χ0) is 46.7. The first-order valence-corrected chi connectivity index (χ1v) is 21.0. The molecule has 0 radical (unpaired) electrons. The molecular weight excluding hydrogens is 839 g/mol. The molecule has 0 aromatic rings. The normalized spacial score (nSPS) is 17.4. The van der Waals surface area contributed by atoms with Gasteiger partial charge in [-0.2, -0.15) is 0 Å². The van der Waals surface area contributed by atoms with E-state index in [-0.39, 0.29) is 59.4 Å². The summed E-state index contributed by atoms with van der Waals surface area (Å²) < 4.78 is 20.3. The van der Waals surface area contributed by atoms with Crippen LogP contribution in [-0.2, 0) is 27.8 Å². The summed E-state index contributed by atoms with van der Waals surface area (Å²) in [5.74, 6) is 59.4. The number of amides is 1. The van der Waals surface area contributed by atoms with Gasteiger partial charge in [-0.3, -0.25) is 14.0 Å². The number of carbonyl (C=O) groups is 1. The predicted molar refractivity (Wildman–Crippen MR) is 288 cm³/mol. The summed E-state index contributed by atoms with van der Waals surface area (Å²) >= 11 is 0.0287. The van der Waals surface area contributed by atoms with Crippen molar-refractivity contribution >= 4 is 18.2 Å². The number of carbonyl (C=O) groups excluding carboxylic acids is 1. The van der Waals surface area contributed by atoms with E-state index < -0.39 is 68.1 Å². The fraction of sp³-hybridized carbons (Fsp3) is 0.500. The summed E-state index contributed by atoms with van der Waals surface area (Å²) in [7, 11) is 0. The lowest BCUT2D eigenvalue weighted by Gasteiger charge is -2.41. The van der Waals surface area contributed by atoms with Crippen LogP contribution in [0.15, 0.2) is 0 Å². The number of aliphatic hydroxyl groups excluding tert-OH is 5. The maximum atomic E-state index is 12.9. The van der Waals surface area contributed by atoms with Crippen LogP contribution in [0.2, 0.25) is 0 Å². The minimum atomic E-state index is -1.70. The van der Waals surface area contributed by atoms with Gasteiger partial charge in [0, 0.05) is 69.8 Å². The molecule has 14 heteroatoms. The average Bonchev–Trinajstić information content (AvgIpc) is 3.29. The molecule has 1 saturated heterocycles. The molecule has 1 aliphatic heterocycles. The quantitative estimate of drug-likeness (QED) is 0.0193. The number of hydrogen-bond donors (Lipinski definition) is 6. The fourth-order valence-electron chi connectivity index (χ4n) is 5.37. The molecule has 6 N–H and O–H groups in total. The van der Waals surface area contributed by atoms with Gasteiger partial charge >= 0.3 is 0 Å². The number of hydrogen-bond acceptors (Lipinski definition) is 13. The summed E-state index contributed by atoms with van der Waals surface area (Å²) in [4.78, 5) is 12.9. The van der Waals surface area contributed by atoms with Crippen LogP contribution >= 0.6 is 12.3 Å². The smallest absolute Gasteiger partial charge is 0.232 e. The monoisotopic (exact) mass is 937 g/mol. The van der Waals surface area contributed by atoms with Crippen molar-refractivity contribution in [1.29, 1.82) is 0 Å². The highest BCUT2D eigenvalue weighted by atomic mass is 32.2. The Hall–Kier alpha value is -5.90. The Bertz CT molecular complexity index is 2300. The average molecular weight is 937 g/mol. The largest absolute Gasteiger partial charge is 0.691 e. The summed E-state index contributed by atoms with van der Waals surface area (Å²) in [6.45, 7) is 2.67. The van der Waals surface area contributed by atoms with Gasteiger partial charge in [-0.1, -0.05) is 89.4 Å². The zero-order valence-electron chi connectivity index (χ0n) is 35.7. The molecule has 0 aromatic carbocycles. The molecule has 0 aliphatic carbocycles. The van der Waals surface area contributed by atoms with Crippen LogP contribution in [0.4, 0.5) is 0 Å². The Morgan fingerprint density at radius 2 is 1.16 bits per heavy atom. The highest BCUT2D eigenvalue weighted by molar-refractivity contribution is 7.89. The molecule has 0 bridgehead atoms. The van der Waals surface area contributed by atoms with E-state index in [1.54, 1.807) is 6.92 Å². The first-order chi connectivity index (χ1) is 31.3. The van der Waals surface area contributed by atoms with Gasteiger partial charge in [0.05, 0.1) is 31.8 Å². The standard InChI is InChI=1S/C50H51NO12S.24H2/c1-3-5-7-9-11-13-15-16-17-18-19-20-21-22-23-24-25-26-27-29-31-33-35-37-39-45(54)51-42(46(55)43(53)38-36-34-32-30-28-14-12-10-8-6-4-2)41-59-50-48(57)49(61-64-63-62-58)47(56)44(40-52)60-50;;;;;;;;;;;;;;;;;;;;;;;;/h42-44,46-50,52-53,55-58H,4,6,8,10,12,14,28,30,32,34,36,38-41H2,1-2H3,(H,51,54);24*1H/p-1/t42-,43+,44?,46-,47?,48?,49?,50?;;;;;;;;;;;;;;;;;;;;;;;;/m0......................../s1. The van der Waals surface area contributed by atoms with E-state index in [1.807, 2.05) is 0 Å². The molecule has 0 aromatic heterocycles. The minimum absolute atomic E-state index is 0. The van der Waals surface area contributed by atoms with Crippen molar-refractivity contribution in [3.05, 3.63) is 0 Å². The van der Waals surface area contributed by atoms with Crippen molar-refractivity contribution in [2.45, 2.75) is 146 Å². The number of nitrogens with one attached hydrogen (secondary N) is 1. The van der Waals surface area contributed by atoms with Gasteiger partial charge in [0.15, 0.2) is 18.6 Å². The van der Waals surface area contributed by atoms with Crippen molar-refractivity contribution in [3.63, 3.8) is 0 Å². The van der Waals surface area contributed by atoms with E-state index in [9.17, 15) is 35.6 Å². The Kier molecular flexibility index (Phi) is 35.0. The summed E-state index contributed by atoms with van der Waals surface area (Å²) in [5.41, 5.74) is 0. The summed E-state index contributed by atoms with van der Waals surface area (Å²) in [6.07, 6.45) is 1.71. The van der Waals surface area contributed by atoms with Crippen LogP contribution in [-0.4, -0.2) is 93.6 Å². The molecule has 1 rings (SSSR count).